The van der Waals surface area contributed by atoms with Gasteiger partial charge in [-0.15, -0.1) is 11.3 Å². The van der Waals surface area contributed by atoms with Gasteiger partial charge in [0.05, 0.1) is 12.0 Å². The van der Waals surface area contributed by atoms with Gasteiger partial charge in [0.1, 0.15) is 0 Å². The molecule has 0 radical (unpaired) electrons. The maximum Gasteiger partial charge on any atom is 0.315 e. The second kappa shape index (κ2) is 5.61. The Morgan fingerprint density at radius 3 is 2.74 bits per heavy atom. The lowest BCUT2D eigenvalue weighted by molar-refractivity contribution is -0.143. The molecule has 1 aliphatic carbocycles. The van der Waals surface area contributed by atoms with Crippen LogP contribution in [-0.2, 0) is 17.8 Å². The molecule has 0 aromatic carbocycles. The predicted octanol–water partition coefficient (Wildman–Crippen LogP) is 1.97. The fourth-order valence-corrected chi connectivity index (χ4v) is 2.84. The summed E-state index contributed by atoms with van der Waals surface area (Å²) in [7, 11) is 0. The van der Waals surface area contributed by atoms with Crippen LogP contribution in [0.4, 0.5) is 4.79 Å². The van der Waals surface area contributed by atoms with E-state index in [1.165, 1.54) is 5.56 Å². The number of nitrogens with one attached hydrogen (secondary N) is 2. The number of rotatable bonds is 6. The summed E-state index contributed by atoms with van der Waals surface area (Å²) >= 11 is 1.62. The third-order valence-electron chi connectivity index (χ3n) is 3.52. The first-order valence-corrected chi connectivity index (χ1v) is 7.26. The number of carboxylic acids is 1. The quantitative estimate of drug-likeness (QED) is 0.746. The lowest BCUT2D eigenvalue weighted by Crippen LogP contribution is -2.40. The molecule has 0 spiro atoms. The molecule has 0 saturated heterocycles. The third kappa shape index (κ3) is 3.26. The van der Waals surface area contributed by atoms with E-state index in [9.17, 15) is 9.59 Å². The Bertz CT molecular complexity index is 480. The van der Waals surface area contributed by atoms with Gasteiger partial charge in [-0.2, -0.15) is 0 Å². The molecule has 6 heteroatoms. The molecule has 1 saturated carbocycles. The average Bonchev–Trinajstić information content (AvgIpc) is 3.06. The number of carbonyl (C=O) groups is 2. The highest BCUT2D eigenvalue weighted by atomic mass is 32.1. The smallest absolute Gasteiger partial charge is 0.315 e. The summed E-state index contributed by atoms with van der Waals surface area (Å²) in [5, 5.41) is 16.4. The highest BCUT2D eigenvalue weighted by Crippen LogP contribution is 2.45. The number of aliphatic carboxylic acids is 1. The van der Waals surface area contributed by atoms with Crippen molar-refractivity contribution >= 4 is 23.3 Å². The van der Waals surface area contributed by atoms with Crippen molar-refractivity contribution in [2.45, 2.75) is 32.7 Å². The Kier molecular flexibility index (Phi) is 4.09. The SMILES string of the molecule is CCc1ccsc1CNC(=O)NCC1(C(=O)O)CC1. The zero-order chi connectivity index (χ0) is 13.9. The molecule has 1 aromatic rings. The van der Waals surface area contributed by atoms with Crippen LogP contribution < -0.4 is 10.6 Å². The van der Waals surface area contributed by atoms with Crippen LogP contribution in [0.1, 0.15) is 30.2 Å². The molecule has 1 heterocycles. The summed E-state index contributed by atoms with van der Waals surface area (Å²) in [6.45, 7) is 2.78. The van der Waals surface area contributed by atoms with Crippen LogP contribution in [0, 0.1) is 5.41 Å². The first kappa shape index (κ1) is 13.9. The number of thiophene rings is 1. The van der Waals surface area contributed by atoms with Gasteiger partial charge in [-0.25, -0.2) is 4.79 Å². The molecule has 104 valence electrons. The van der Waals surface area contributed by atoms with Gasteiger partial charge in [-0.3, -0.25) is 4.79 Å². The van der Waals surface area contributed by atoms with Crippen molar-refractivity contribution in [3.05, 3.63) is 21.9 Å². The van der Waals surface area contributed by atoms with E-state index in [1.54, 1.807) is 11.3 Å². The summed E-state index contributed by atoms with van der Waals surface area (Å²) < 4.78 is 0. The Labute approximate surface area is 116 Å². The molecule has 1 fully saturated rings. The van der Waals surface area contributed by atoms with E-state index in [-0.39, 0.29) is 12.6 Å². The topological polar surface area (TPSA) is 78.4 Å². The van der Waals surface area contributed by atoms with E-state index in [4.69, 9.17) is 5.11 Å². The van der Waals surface area contributed by atoms with E-state index >= 15 is 0 Å². The van der Waals surface area contributed by atoms with Crippen molar-refractivity contribution in [3.8, 4) is 0 Å². The highest BCUT2D eigenvalue weighted by Gasteiger charge is 2.50. The predicted molar refractivity (Wildman–Crippen MR) is 73.2 cm³/mol. The lowest BCUT2D eigenvalue weighted by Gasteiger charge is -2.12. The van der Waals surface area contributed by atoms with Crippen molar-refractivity contribution in [2.75, 3.05) is 6.54 Å². The zero-order valence-electron chi connectivity index (χ0n) is 10.9. The van der Waals surface area contributed by atoms with E-state index in [2.05, 4.69) is 23.6 Å². The van der Waals surface area contributed by atoms with Crippen LogP contribution in [0.3, 0.4) is 0 Å². The van der Waals surface area contributed by atoms with Crippen molar-refractivity contribution in [1.29, 1.82) is 0 Å². The van der Waals surface area contributed by atoms with E-state index in [0.29, 0.717) is 19.4 Å². The number of aryl methyl sites for hydroxylation is 1. The number of urea groups is 1. The van der Waals surface area contributed by atoms with E-state index in [1.807, 2.05) is 5.38 Å². The van der Waals surface area contributed by atoms with Crippen LogP contribution in [0.15, 0.2) is 11.4 Å². The summed E-state index contributed by atoms with van der Waals surface area (Å²) in [5.41, 5.74) is 0.531. The second-order valence-electron chi connectivity index (χ2n) is 4.84. The number of carbonyl (C=O) groups excluding carboxylic acids is 1. The third-order valence-corrected chi connectivity index (χ3v) is 4.49. The van der Waals surface area contributed by atoms with Gasteiger partial charge in [0.25, 0.3) is 0 Å². The normalized spacial score (nSPS) is 15.8. The molecule has 0 atom stereocenters. The monoisotopic (exact) mass is 282 g/mol. The van der Waals surface area contributed by atoms with Crippen molar-refractivity contribution in [3.63, 3.8) is 0 Å². The molecule has 19 heavy (non-hydrogen) atoms. The highest BCUT2D eigenvalue weighted by molar-refractivity contribution is 7.10. The number of hydrogen-bond donors (Lipinski definition) is 3. The van der Waals surface area contributed by atoms with Gasteiger partial charge in [-0.05, 0) is 36.3 Å². The minimum atomic E-state index is -0.820. The first-order chi connectivity index (χ1) is 9.07. The fourth-order valence-electron chi connectivity index (χ4n) is 1.93. The number of carboxylic acid groups (broad SMARTS) is 1. The zero-order valence-corrected chi connectivity index (χ0v) is 11.7. The molecular weight excluding hydrogens is 264 g/mol. The maximum atomic E-state index is 11.6. The van der Waals surface area contributed by atoms with Crippen molar-refractivity contribution in [2.24, 2.45) is 5.41 Å². The Morgan fingerprint density at radius 1 is 1.42 bits per heavy atom. The number of hydrogen-bond acceptors (Lipinski definition) is 3. The molecule has 2 rings (SSSR count). The van der Waals surface area contributed by atoms with Gasteiger partial charge >= 0.3 is 12.0 Å². The minimum Gasteiger partial charge on any atom is -0.481 e. The van der Waals surface area contributed by atoms with Crippen LogP contribution in [0.5, 0.6) is 0 Å². The maximum absolute atomic E-state index is 11.6. The average molecular weight is 282 g/mol. The van der Waals surface area contributed by atoms with Crippen LogP contribution in [-0.4, -0.2) is 23.7 Å². The van der Waals surface area contributed by atoms with Gasteiger partial charge in [0.15, 0.2) is 0 Å². The largest absolute Gasteiger partial charge is 0.481 e. The number of amides is 2. The Hall–Kier alpha value is -1.56. The van der Waals surface area contributed by atoms with E-state index < -0.39 is 11.4 Å². The molecule has 3 N–H and O–H groups in total. The van der Waals surface area contributed by atoms with Gasteiger partial charge in [0, 0.05) is 11.4 Å². The lowest BCUT2D eigenvalue weighted by atomic mass is 10.1. The first-order valence-electron chi connectivity index (χ1n) is 6.38. The minimum absolute atomic E-state index is 0.208. The molecule has 2 amide bonds. The van der Waals surface area contributed by atoms with Crippen molar-refractivity contribution in [1.82, 2.24) is 10.6 Å². The second-order valence-corrected chi connectivity index (χ2v) is 5.84. The van der Waals surface area contributed by atoms with E-state index in [0.717, 1.165) is 11.3 Å². The Morgan fingerprint density at radius 2 is 2.16 bits per heavy atom. The summed E-state index contributed by atoms with van der Waals surface area (Å²) in [6, 6.07) is 1.76. The van der Waals surface area contributed by atoms with Gasteiger partial charge in [-0.1, -0.05) is 6.92 Å². The van der Waals surface area contributed by atoms with Gasteiger partial charge in [0.2, 0.25) is 0 Å². The molecule has 5 nitrogen and oxygen atoms in total. The fraction of sp³-hybridized carbons (Fsp3) is 0.538. The standard InChI is InChI=1S/C13H18N2O3S/c1-2-9-3-6-19-10(9)7-14-12(18)15-8-13(4-5-13)11(16)17/h3,6H,2,4-5,7-8H2,1H3,(H,16,17)(H2,14,15,18). The summed E-state index contributed by atoms with van der Waals surface area (Å²) in [6.07, 6.45) is 2.24. The molecule has 0 aliphatic heterocycles. The molecule has 0 bridgehead atoms. The van der Waals surface area contributed by atoms with Crippen molar-refractivity contribution < 1.29 is 14.7 Å². The molecular formula is C13H18N2O3S. The molecule has 1 aliphatic rings. The summed E-state index contributed by atoms with van der Waals surface area (Å²) in [4.78, 5) is 23.7. The van der Waals surface area contributed by atoms with Gasteiger partial charge < -0.3 is 15.7 Å². The molecule has 1 aromatic heterocycles. The van der Waals surface area contributed by atoms with Crippen LogP contribution in [0.2, 0.25) is 0 Å². The Balaban J connectivity index is 1.75. The molecule has 0 unspecified atom stereocenters. The van der Waals surface area contributed by atoms with Crippen LogP contribution in [0.25, 0.3) is 0 Å². The van der Waals surface area contributed by atoms with Crippen LogP contribution >= 0.6 is 11.3 Å². The summed E-state index contributed by atoms with van der Waals surface area (Å²) in [5.74, 6) is -0.820.